The largest absolute Gasteiger partial charge is 0.326 e. The molecule has 5 heteroatoms. The van der Waals surface area contributed by atoms with Crippen molar-refractivity contribution in [2.75, 3.05) is 13.1 Å². The van der Waals surface area contributed by atoms with Crippen LogP contribution in [0.1, 0.15) is 12.1 Å². The minimum Gasteiger partial charge on any atom is -0.326 e. The van der Waals surface area contributed by atoms with Crippen LogP contribution in [0.15, 0.2) is 12.3 Å². The molecular formula is C9H13ClN4. The Morgan fingerprint density at radius 2 is 2.50 bits per heavy atom. The van der Waals surface area contributed by atoms with E-state index >= 15 is 0 Å². The lowest BCUT2D eigenvalue weighted by Gasteiger charge is -2.13. The van der Waals surface area contributed by atoms with Crippen LogP contribution in [-0.4, -0.2) is 34.0 Å². The van der Waals surface area contributed by atoms with Gasteiger partial charge in [-0.05, 0) is 24.1 Å². The van der Waals surface area contributed by atoms with Gasteiger partial charge in [0.2, 0.25) is 5.28 Å². The number of hydrogen-bond acceptors (Lipinski definition) is 4. The van der Waals surface area contributed by atoms with Crippen molar-refractivity contribution in [1.82, 2.24) is 14.9 Å². The van der Waals surface area contributed by atoms with E-state index in [2.05, 4.69) is 14.9 Å². The van der Waals surface area contributed by atoms with Crippen LogP contribution in [0.5, 0.6) is 0 Å². The minimum absolute atomic E-state index is 0.311. The molecular weight excluding hydrogens is 200 g/mol. The van der Waals surface area contributed by atoms with Gasteiger partial charge in [0.15, 0.2) is 0 Å². The molecule has 2 rings (SSSR count). The molecule has 0 aromatic carbocycles. The highest BCUT2D eigenvalue weighted by atomic mass is 35.5. The van der Waals surface area contributed by atoms with E-state index in [1.165, 1.54) is 0 Å². The summed E-state index contributed by atoms with van der Waals surface area (Å²) in [4.78, 5) is 10.3. The summed E-state index contributed by atoms with van der Waals surface area (Å²) in [5.41, 5.74) is 6.77. The van der Waals surface area contributed by atoms with E-state index in [1.54, 1.807) is 6.20 Å². The Morgan fingerprint density at radius 3 is 3.14 bits per heavy atom. The molecule has 0 spiro atoms. The minimum atomic E-state index is 0.311. The predicted molar refractivity (Wildman–Crippen MR) is 54.9 cm³/mol. The SMILES string of the molecule is N[C@H]1CCN(Cc2ccnc(Cl)n2)C1. The van der Waals surface area contributed by atoms with E-state index in [0.29, 0.717) is 11.3 Å². The number of rotatable bonds is 2. The second kappa shape index (κ2) is 4.21. The van der Waals surface area contributed by atoms with Gasteiger partial charge in [0.25, 0.3) is 0 Å². The molecule has 1 aliphatic rings. The van der Waals surface area contributed by atoms with Gasteiger partial charge >= 0.3 is 0 Å². The molecule has 2 N–H and O–H groups in total. The first kappa shape index (κ1) is 9.83. The van der Waals surface area contributed by atoms with Gasteiger partial charge in [0.1, 0.15) is 0 Å². The van der Waals surface area contributed by atoms with Crippen LogP contribution in [0.4, 0.5) is 0 Å². The van der Waals surface area contributed by atoms with Crippen molar-refractivity contribution in [3.8, 4) is 0 Å². The van der Waals surface area contributed by atoms with E-state index in [9.17, 15) is 0 Å². The van der Waals surface area contributed by atoms with Crippen LogP contribution in [0.3, 0.4) is 0 Å². The molecule has 76 valence electrons. The molecule has 1 fully saturated rings. The maximum Gasteiger partial charge on any atom is 0.222 e. The zero-order valence-corrected chi connectivity index (χ0v) is 8.61. The van der Waals surface area contributed by atoms with Gasteiger partial charge in [-0.3, -0.25) is 4.90 Å². The Hall–Kier alpha value is -0.710. The molecule has 1 aromatic rings. The first-order valence-corrected chi connectivity index (χ1v) is 5.07. The van der Waals surface area contributed by atoms with Gasteiger partial charge in [0.05, 0.1) is 5.69 Å². The summed E-state index contributed by atoms with van der Waals surface area (Å²) in [5, 5.41) is 0.311. The van der Waals surface area contributed by atoms with Gasteiger partial charge in [-0.1, -0.05) is 0 Å². The third kappa shape index (κ3) is 2.41. The first-order chi connectivity index (χ1) is 6.74. The second-order valence-electron chi connectivity index (χ2n) is 3.60. The van der Waals surface area contributed by atoms with Crippen molar-refractivity contribution in [2.24, 2.45) is 5.73 Å². The van der Waals surface area contributed by atoms with E-state index in [-0.39, 0.29) is 0 Å². The quantitative estimate of drug-likeness (QED) is 0.732. The Labute approximate surface area is 88.1 Å². The first-order valence-electron chi connectivity index (χ1n) is 4.69. The summed E-state index contributed by atoms with van der Waals surface area (Å²) >= 11 is 5.69. The van der Waals surface area contributed by atoms with E-state index in [4.69, 9.17) is 17.3 Å². The highest BCUT2D eigenvalue weighted by Crippen LogP contribution is 2.11. The molecule has 1 atom stereocenters. The van der Waals surface area contributed by atoms with Gasteiger partial charge in [-0.15, -0.1) is 0 Å². The lowest BCUT2D eigenvalue weighted by Crippen LogP contribution is -2.26. The third-order valence-corrected chi connectivity index (χ3v) is 2.56. The van der Waals surface area contributed by atoms with Gasteiger partial charge in [-0.2, -0.15) is 0 Å². The molecule has 1 aromatic heterocycles. The molecule has 0 amide bonds. The fourth-order valence-electron chi connectivity index (χ4n) is 1.69. The van der Waals surface area contributed by atoms with Crippen LogP contribution < -0.4 is 5.73 Å². The molecule has 0 bridgehead atoms. The van der Waals surface area contributed by atoms with Crippen molar-refractivity contribution in [3.63, 3.8) is 0 Å². The Morgan fingerprint density at radius 1 is 1.64 bits per heavy atom. The highest BCUT2D eigenvalue weighted by molar-refractivity contribution is 6.28. The normalized spacial score (nSPS) is 22.9. The standard InChI is InChI=1S/C9H13ClN4/c10-9-12-3-1-8(13-9)6-14-4-2-7(11)5-14/h1,3,7H,2,4-6,11H2/t7-/m0/s1. The number of hydrogen-bond donors (Lipinski definition) is 1. The fraction of sp³-hybridized carbons (Fsp3) is 0.556. The lowest BCUT2D eigenvalue weighted by atomic mass is 10.3. The second-order valence-corrected chi connectivity index (χ2v) is 3.94. The highest BCUT2D eigenvalue weighted by Gasteiger charge is 2.19. The summed E-state index contributed by atoms with van der Waals surface area (Å²) in [5.74, 6) is 0. The van der Waals surface area contributed by atoms with Crippen molar-refractivity contribution in [1.29, 1.82) is 0 Å². The number of nitrogens with two attached hydrogens (primary N) is 1. The van der Waals surface area contributed by atoms with Crippen LogP contribution in [-0.2, 0) is 6.54 Å². The average Bonchev–Trinajstić information content (AvgIpc) is 2.51. The zero-order chi connectivity index (χ0) is 9.97. The average molecular weight is 213 g/mol. The van der Waals surface area contributed by atoms with E-state index in [1.807, 2.05) is 6.07 Å². The van der Waals surface area contributed by atoms with E-state index < -0.39 is 0 Å². The smallest absolute Gasteiger partial charge is 0.222 e. The Kier molecular flexibility index (Phi) is 2.96. The summed E-state index contributed by atoms with van der Waals surface area (Å²) in [6, 6.07) is 2.20. The topological polar surface area (TPSA) is 55.0 Å². The summed E-state index contributed by atoms with van der Waals surface area (Å²) < 4.78 is 0. The van der Waals surface area contributed by atoms with Crippen LogP contribution in [0.25, 0.3) is 0 Å². The van der Waals surface area contributed by atoms with Crippen molar-refractivity contribution < 1.29 is 0 Å². The summed E-state index contributed by atoms with van der Waals surface area (Å²) in [6.07, 6.45) is 2.75. The van der Waals surface area contributed by atoms with Crippen molar-refractivity contribution in [2.45, 2.75) is 19.0 Å². The number of halogens is 1. The molecule has 0 unspecified atom stereocenters. The van der Waals surface area contributed by atoms with Crippen LogP contribution >= 0.6 is 11.6 Å². The lowest BCUT2D eigenvalue weighted by molar-refractivity contribution is 0.322. The van der Waals surface area contributed by atoms with Crippen LogP contribution in [0.2, 0.25) is 5.28 Å². The maximum absolute atomic E-state index is 5.81. The summed E-state index contributed by atoms with van der Waals surface area (Å²) in [6.45, 7) is 2.81. The zero-order valence-electron chi connectivity index (χ0n) is 7.86. The molecule has 0 radical (unpaired) electrons. The molecule has 1 aliphatic heterocycles. The maximum atomic E-state index is 5.81. The molecule has 0 aliphatic carbocycles. The summed E-state index contributed by atoms with van der Waals surface area (Å²) in [7, 11) is 0. The number of nitrogens with zero attached hydrogens (tertiary/aromatic N) is 3. The van der Waals surface area contributed by atoms with Crippen molar-refractivity contribution in [3.05, 3.63) is 23.2 Å². The van der Waals surface area contributed by atoms with Crippen LogP contribution in [0, 0.1) is 0 Å². The monoisotopic (exact) mass is 212 g/mol. The van der Waals surface area contributed by atoms with Gasteiger partial charge in [-0.25, -0.2) is 9.97 Å². The molecule has 14 heavy (non-hydrogen) atoms. The molecule has 0 saturated carbocycles. The Balaban J connectivity index is 1.97. The number of aromatic nitrogens is 2. The van der Waals surface area contributed by atoms with Gasteiger partial charge < -0.3 is 5.73 Å². The molecule has 2 heterocycles. The predicted octanol–water partition coefficient (Wildman–Crippen LogP) is 0.663. The Bertz CT molecular complexity index is 317. The molecule has 4 nitrogen and oxygen atoms in total. The van der Waals surface area contributed by atoms with E-state index in [0.717, 1.165) is 31.7 Å². The van der Waals surface area contributed by atoms with Crippen molar-refractivity contribution >= 4 is 11.6 Å². The van der Waals surface area contributed by atoms with Gasteiger partial charge in [0, 0.05) is 31.9 Å². The molecule has 1 saturated heterocycles. The number of likely N-dealkylation sites (tertiary alicyclic amines) is 1. The fourth-order valence-corrected chi connectivity index (χ4v) is 1.86. The third-order valence-electron chi connectivity index (χ3n) is 2.38.